The molecule has 2 heterocycles. The Labute approximate surface area is 171 Å². The Bertz CT molecular complexity index is 800. The van der Waals surface area contributed by atoms with Gasteiger partial charge in [0.15, 0.2) is 0 Å². The first-order chi connectivity index (χ1) is 13.5. The highest BCUT2D eigenvalue weighted by Crippen LogP contribution is 2.42. The van der Waals surface area contributed by atoms with Gasteiger partial charge in [-0.3, -0.25) is 4.90 Å². The molecule has 2 aliphatic heterocycles. The zero-order valence-corrected chi connectivity index (χ0v) is 17.6. The van der Waals surface area contributed by atoms with Crippen molar-refractivity contribution in [2.45, 2.75) is 37.8 Å². The van der Waals surface area contributed by atoms with Crippen LogP contribution in [0.25, 0.3) is 0 Å². The Hall–Kier alpha value is -1.85. The first-order valence-electron chi connectivity index (χ1n) is 10.1. The Morgan fingerprint density at radius 3 is 2.57 bits per heavy atom. The Kier molecular flexibility index (Phi) is 5.74. The number of fused-ring (bicyclic) bond motifs is 1. The number of hydrogen-bond donors (Lipinski definition) is 1. The topological polar surface area (TPSA) is 41.9 Å². The summed E-state index contributed by atoms with van der Waals surface area (Å²) < 4.78 is 12.2. The number of rotatable bonds is 5. The van der Waals surface area contributed by atoms with Crippen LogP contribution >= 0.6 is 11.8 Å². The summed E-state index contributed by atoms with van der Waals surface area (Å²) in [7, 11) is 0. The summed E-state index contributed by atoms with van der Waals surface area (Å²) >= 11 is 1.72. The quantitative estimate of drug-likeness (QED) is 0.769. The van der Waals surface area contributed by atoms with E-state index in [2.05, 4.69) is 37.8 Å². The molecular formula is C23H29NO3S. The Morgan fingerprint density at radius 1 is 1.14 bits per heavy atom. The summed E-state index contributed by atoms with van der Waals surface area (Å²) in [6.45, 7) is 9.97. The summed E-state index contributed by atoms with van der Waals surface area (Å²) in [5, 5.41) is 9.60. The van der Waals surface area contributed by atoms with Crippen molar-refractivity contribution in [3.8, 4) is 17.2 Å². The monoisotopic (exact) mass is 399 g/mol. The largest absolute Gasteiger partial charge is 0.508 e. The highest BCUT2D eigenvalue weighted by Gasteiger charge is 2.29. The first kappa shape index (κ1) is 19.5. The number of likely N-dealkylation sites (tertiary alicyclic amines) is 1. The van der Waals surface area contributed by atoms with Crippen LogP contribution in [-0.2, 0) is 0 Å². The molecule has 0 aromatic heterocycles. The predicted octanol–water partition coefficient (Wildman–Crippen LogP) is 4.97. The molecule has 0 aliphatic carbocycles. The average molecular weight is 400 g/mol. The highest BCUT2D eigenvalue weighted by atomic mass is 32.2. The predicted molar refractivity (Wildman–Crippen MR) is 113 cm³/mol. The minimum atomic E-state index is 0.0163. The van der Waals surface area contributed by atoms with E-state index in [9.17, 15) is 5.11 Å². The third-order valence-electron chi connectivity index (χ3n) is 5.97. The molecule has 0 bridgehead atoms. The molecule has 0 radical (unpaired) electrons. The molecule has 2 aromatic rings. The molecule has 28 heavy (non-hydrogen) atoms. The maximum absolute atomic E-state index is 9.60. The fourth-order valence-electron chi connectivity index (χ4n) is 3.86. The normalized spacial score (nSPS) is 25.8. The van der Waals surface area contributed by atoms with Gasteiger partial charge in [0.05, 0.1) is 4.90 Å². The number of aromatic hydroxyl groups is 1. The van der Waals surface area contributed by atoms with Gasteiger partial charge >= 0.3 is 0 Å². The molecule has 1 fully saturated rings. The second-order valence-electron chi connectivity index (χ2n) is 8.19. The van der Waals surface area contributed by atoms with Crippen molar-refractivity contribution in [3.05, 3.63) is 48.0 Å². The van der Waals surface area contributed by atoms with Crippen LogP contribution in [0.15, 0.2) is 47.4 Å². The molecule has 1 N–H and O–H groups in total. The van der Waals surface area contributed by atoms with Crippen LogP contribution in [0.2, 0.25) is 0 Å². The molecule has 4 atom stereocenters. The van der Waals surface area contributed by atoms with Gasteiger partial charge in [-0.1, -0.05) is 26.0 Å². The maximum atomic E-state index is 9.60. The van der Waals surface area contributed by atoms with Gasteiger partial charge in [-0.25, -0.2) is 0 Å². The number of ether oxygens (including phenoxy) is 2. The molecule has 0 unspecified atom stereocenters. The van der Waals surface area contributed by atoms with E-state index in [4.69, 9.17) is 9.47 Å². The van der Waals surface area contributed by atoms with E-state index >= 15 is 0 Å². The van der Waals surface area contributed by atoms with E-state index in [1.54, 1.807) is 23.9 Å². The van der Waals surface area contributed by atoms with E-state index in [0.29, 0.717) is 12.6 Å². The molecule has 4 rings (SSSR count). The van der Waals surface area contributed by atoms with Crippen LogP contribution in [0.1, 0.15) is 32.4 Å². The highest BCUT2D eigenvalue weighted by molar-refractivity contribution is 7.99. The molecule has 2 aliphatic rings. The van der Waals surface area contributed by atoms with Crippen LogP contribution in [0, 0.1) is 11.8 Å². The second-order valence-corrected chi connectivity index (χ2v) is 9.25. The number of nitrogens with zero attached hydrogens (tertiary/aromatic N) is 1. The van der Waals surface area contributed by atoms with E-state index in [1.165, 1.54) is 13.1 Å². The number of thioether (sulfide) groups is 1. The van der Waals surface area contributed by atoms with E-state index < -0.39 is 0 Å². The molecule has 5 heteroatoms. The van der Waals surface area contributed by atoms with Crippen LogP contribution in [-0.4, -0.2) is 41.5 Å². The van der Waals surface area contributed by atoms with Crippen molar-refractivity contribution in [3.63, 3.8) is 0 Å². The average Bonchev–Trinajstić information content (AvgIpc) is 3.05. The number of hydrogen-bond acceptors (Lipinski definition) is 5. The molecule has 1 saturated heterocycles. The fourth-order valence-corrected chi connectivity index (χ4v) is 4.91. The van der Waals surface area contributed by atoms with Gasteiger partial charge in [0.1, 0.15) is 30.0 Å². The minimum Gasteiger partial charge on any atom is -0.508 e. The summed E-state index contributed by atoms with van der Waals surface area (Å²) in [5.41, 5.74) is 1.15. The van der Waals surface area contributed by atoms with Crippen molar-refractivity contribution >= 4 is 11.8 Å². The fraction of sp³-hybridized carbons (Fsp3) is 0.478. The van der Waals surface area contributed by atoms with Gasteiger partial charge in [-0.15, -0.1) is 11.8 Å². The van der Waals surface area contributed by atoms with E-state index in [0.717, 1.165) is 39.5 Å². The summed E-state index contributed by atoms with van der Waals surface area (Å²) in [4.78, 5) is 3.53. The van der Waals surface area contributed by atoms with Crippen molar-refractivity contribution < 1.29 is 14.6 Å². The maximum Gasteiger partial charge on any atom is 0.134 e. The molecule has 4 nitrogen and oxygen atoms in total. The van der Waals surface area contributed by atoms with Crippen molar-refractivity contribution in [1.29, 1.82) is 0 Å². The second kappa shape index (κ2) is 8.26. The van der Waals surface area contributed by atoms with Crippen molar-refractivity contribution in [1.82, 2.24) is 4.90 Å². The van der Waals surface area contributed by atoms with E-state index in [-0.39, 0.29) is 11.9 Å². The van der Waals surface area contributed by atoms with Gasteiger partial charge in [0, 0.05) is 24.9 Å². The smallest absolute Gasteiger partial charge is 0.134 e. The van der Waals surface area contributed by atoms with Gasteiger partial charge in [0.2, 0.25) is 0 Å². The van der Waals surface area contributed by atoms with E-state index in [1.807, 2.05) is 18.2 Å². The standard InChI is InChI=1S/C23H29NO3S/c1-15-11-24(12-16(15)2)17(3)13-26-20-7-4-18(5-8-20)22-14-28-23-10-19(25)6-9-21(23)27-22/h4-10,15-17,22,25H,11-14H2,1-3H3/t15-,16-,17-,22+/m0/s1. The molecule has 0 saturated carbocycles. The lowest BCUT2D eigenvalue weighted by Crippen LogP contribution is -2.35. The first-order valence-corrected chi connectivity index (χ1v) is 11.1. The van der Waals surface area contributed by atoms with Gasteiger partial charge < -0.3 is 14.6 Å². The van der Waals surface area contributed by atoms with Gasteiger partial charge in [-0.05, 0) is 54.7 Å². The Balaban J connectivity index is 1.32. The molecule has 150 valence electrons. The molecule has 0 spiro atoms. The lowest BCUT2D eigenvalue weighted by molar-refractivity contribution is 0.167. The molecule has 2 aromatic carbocycles. The summed E-state index contributed by atoms with van der Waals surface area (Å²) in [5.74, 6) is 4.39. The van der Waals surface area contributed by atoms with Crippen LogP contribution < -0.4 is 9.47 Å². The summed E-state index contributed by atoms with van der Waals surface area (Å²) in [6.07, 6.45) is 0.0163. The van der Waals surface area contributed by atoms with Crippen molar-refractivity contribution in [2.24, 2.45) is 11.8 Å². The Morgan fingerprint density at radius 2 is 1.86 bits per heavy atom. The van der Waals surface area contributed by atoms with Gasteiger partial charge in [0.25, 0.3) is 0 Å². The lowest BCUT2D eigenvalue weighted by atomic mass is 10.0. The lowest BCUT2D eigenvalue weighted by Gasteiger charge is -2.26. The van der Waals surface area contributed by atoms with Crippen LogP contribution in [0.4, 0.5) is 0 Å². The number of benzene rings is 2. The van der Waals surface area contributed by atoms with Crippen LogP contribution in [0.3, 0.4) is 0 Å². The van der Waals surface area contributed by atoms with Crippen LogP contribution in [0.5, 0.6) is 17.2 Å². The van der Waals surface area contributed by atoms with Crippen molar-refractivity contribution in [2.75, 3.05) is 25.4 Å². The number of phenols is 1. The third kappa shape index (κ3) is 4.26. The van der Waals surface area contributed by atoms with Gasteiger partial charge in [-0.2, -0.15) is 0 Å². The summed E-state index contributed by atoms with van der Waals surface area (Å²) in [6, 6.07) is 14.0. The zero-order chi connectivity index (χ0) is 19.7. The third-order valence-corrected chi connectivity index (χ3v) is 7.07. The zero-order valence-electron chi connectivity index (χ0n) is 16.8. The number of phenolic OH excluding ortho intramolecular Hbond substituents is 1. The molecular weight excluding hydrogens is 370 g/mol. The SMILES string of the molecule is C[C@H]1CN([C@@H](C)COc2ccc([C@H]3CSc4cc(O)ccc4O3)cc2)C[C@@H]1C. The molecule has 0 amide bonds. The minimum absolute atomic E-state index is 0.0163.